The van der Waals surface area contributed by atoms with Gasteiger partial charge in [-0.1, -0.05) is 23.7 Å². The minimum absolute atomic E-state index is 0.0358. The molecule has 1 aromatic carbocycles. The first-order valence-corrected chi connectivity index (χ1v) is 10.9. The molecule has 31 heavy (non-hydrogen) atoms. The van der Waals surface area contributed by atoms with Crippen LogP contribution in [0.3, 0.4) is 0 Å². The summed E-state index contributed by atoms with van der Waals surface area (Å²) in [4.78, 5) is 32.6. The first-order chi connectivity index (χ1) is 15.0. The molecular weight excluding hydrogens is 416 g/mol. The van der Waals surface area contributed by atoms with Crippen molar-refractivity contribution in [2.45, 2.75) is 37.1 Å². The third kappa shape index (κ3) is 4.12. The van der Waals surface area contributed by atoms with Crippen LogP contribution in [-0.2, 0) is 10.2 Å². The number of pyridine rings is 1. The van der Waals surface area contributed by atoms with Crippen molar-refractivity contribution in [1.82, 2.24) is 9.88 Å². The molecule has 0 bridgehead atoms. The number of hydrogen-bond donors (Lipinski definition) is 1. The maximum Gasteiger partial charge on any atom is 0.339 e. The second kappa shape index (κ2) is 8.85. The van der Waals surface area contributed by atoms with Crippen molar-refractivity contribution in [3.05, 3.63) is 58.7 Å². The van der Waals surface area contributed by atoms with Gasteiger partial charge in [0.15, 0.2) is 0 Å². The molecule has 2 amide bonds. The lowest BCUT2D eigenvalue weighted by atomic mass is 9.68. The van der Waals surface area contributed by atoms with Crippen molar-refractivity contribution in [3.63, 3.8) is 0 Å². The van der Waals surface area contributed by atoms with E-state index in [0.717, 1.165) is 30.7 Å². The lowest BCUT2D eigenvalue weighted by Crippen LogP contribution is -2.47. The summed E-state index contributed by atoms with van der Waals surface area (Å²) in [5, 5.41) is 0.725. The number of carbonyl (C=O) groups excluding carboxylic acids is 2. The Hall–Kier alpha value is -2.64. The van der Waals surface area contributed by atoms with E-state index < -0.39 is 5.97 Å². The van der Waals surface area contributed by atoms with Crippen LogP contribution in [-0.4, -0.2) is 54.7 Å². The van der Waals surface area contributed by atoms with E-state index in [1.54, 1.807) is 17.0 Å². The summed E-state index contributed by atoms with van der Waals surface area (Å²) in [7, 11) is 1.33. The smallest absolute Gasteiger partial charge is 0.339 e. The summed E-state index contributed by atoms with van der Waals surface area (Å²) in [6.45, 7) is 1.81. The zero-order valence-corrected chi connectivity index (χ0v) is 18.3. The lowest BCUT2D eigenvalue weighted by molar-refractivity contribution is 0.0600. The number of aromatic nitrogens is 1. The van der Waals surface area contributed by atoms with Crippen molar-refractivity contribution in [1.29, 1.82) is 0 Å². The molecule has 1 aromatic heterocycles. The number of nitrogens with two attached hydrogens (primary N) is 1. The van der Waals surface area contributed by atoms with Crippen LogP contribution in [0.5, 0.6) is 0 Å². The normalized spacial score (nSPS) is 23.8. The molecule has 1 aliphatic heterocycles. The first-order valence-electron chi connectivity index (χ1n) is 10.6. The molecule has 0 unspecified atom stereocenters. The Bertz CT molecular complexity index is 958. The van der Waals surface area contributed by atoms with Crippen LogP contribution in [0.15, 0.2) is 42.6 Å². The number of rotatable bonds is 5. The van der Waals surface area contributed by atoms with Gasteiger partial charge in [0, 0.05) is 42.3 Å². The molecular formula is C23H27ClN4O3. The van der Waals surface area contributed by atoms with E-state index in [1.807, 2.05) is 23.1 Å². The first kappa shape index (κ1) is 21.6. The number of ether oxygens (including phenoxy) is 1. The zero-order chi connectivity index (χ0) is 22.0. The Balaban J connectivity index is 1.43. The molecule has 164 valence electrons. The van der Waals surface area contributed by atoms with Gasteiger partial charge in [-0.3, -0.25) is 4.90 Å². The van der Waals surface area contributed by atoms with Gasteiger partial charge in [-0.15, -0.1) is 0 Å². The fraction of sp³-hybridized carbons (Fsp3) is 0.435. The summed E-state index contributed by atoms with van der Waals surface area (Å²) in [5.41, 5.74) is 7.67. The van der Waals surface area contributed by atoms with Gasteiger partial charge >= 0.3 is 12.0 Å². The van der Waals surface area contributed by atoms with E-state index in [-0.39, 0.29) is 17.5 Å². The van der Waals surface area contributed by atoms with Gasteiger partial charge in [0.1, 0.15) is 5.82 Å². The predicted octanol–water partition coefficient (Wildman–Crippen LogP) is 3.60. The molecule has 2 aromatic rings. The van der Waals surface area contributed by atoms with Gasteiger partial charge < -0.3 is 15.4 Å². The van der Waals surface area contributed by atoms with Crippen molar-refractivity contribution in [3.8, 4) is 0 Å². The molecule has 0 radical (unpaired) electrons. The van der Waals surface area contributed by atoms with Crippen molar-refractivity contribution < 1.29 is 14.3 Å². The maximum absolute atomic E-state index is 13.1. The molecule has 0 spiro atoms. The van der Waals surface area contributed by atoms with E-state index >= 15 is 0 Å². The second-order valence-electron chi connectivity index (χ2n) is 8.25. The molecule has 2 aliphatic rings. The van der Waals surface area contributed by atoms with Gasteiger partial charge in [0.2, 0.25) is 0 Å². The summed E-state index contributed by atoms with van der Waals surface area (Å²) in [5.74, 6) is 0.102. The van der Waals surface area contributed by atoms with Gasteiger partial charge in [0.05, 0.1) is 12.7 Å². The number of anilines is 1. The van der Waals surface area contributed by atoms with Crippen molar-refractivity contribution >= 4 is 29.4 Å². The fourth-order valence-electron chi connectivity index (χ4n) is 4.79. The minimum Gasteiger partial charge on any atom is -0.465 e. The number of benzene rings is 1. The van der Waals surface area contributed by atoms with Gasteiger partial charge in [-0.2, -0.15) is 0 Å². The molecule has 0 atom stereocenters. The van der Waals surface area contributed by atoms with E-state index in [1.165, 1.54) is 18.9 Å². The third-order valence-corrected chi connectivity index (χ3v) is 6.90. The highest BCUT2D eigenvalue weighted by Gasteiger charge is 2.41. The largest absolute Gasteiger partial charge is 0.465 e. The number of amides is 2. The lowest BCUT2D eigenvalue weighted by Gasteiger charge is -2.42. The molecule has 1 saturated carbocycles. The predicted molar refractivity (Wildman–Crippen MR) is 119 cm³/mol. The van der Waals surface area contributed by atoms with Crippen molar-refractivity contribution in [2.24, 2.45) is 5.73 Å². The van der Waals surface area contributed by atoms with Crippen LogP contribution in [0, 0.1) is 0 Å². The van der Waals surface area contributed by atoms with E-state index in [2.05, 4.69) is 11.1 Å². The Morgan fingerprint density at radius 2 is 2.03 bits per heavy atom. The average Bonchev–Trinajstić information content (AvgIpc) is 3.20. The molecule has 7 nitrogen and oxygen atoms in total. The van der Waals surface area contributed by atoms with E-state index in [0.29, 0.717) is 31.0 Å². The Morgan fingerprint density at radius 3 is 2.65 bits per heavy atom. The molecule has 1 aliphatic carbocycles. The van der Waals surface area contributed by atoms with E-state index in [9.17, 15) is 9.59 Å². The monoisotopic (exact) mass is 442 g/mol. The van der Waals surface area contributed by atoms with Gasteiger partial charge in [-0.05, 0) is 55.5 Å². The van der Waals surface area contributed by atoms with Gasteiger partial charge in [0.25, 0.3) is 0 Å². The average molecular weight is 443 g/mol. The van der Waals surface area contributed by atoms with Crippen LogP contribution < -0.4 is 10.6 Å². The maximum atomic E-state index is 13.1. The summed E-state index contributed by atoms with van der Waals surface area (Å²) in [6, 6.07) is 11.4. The fourth-order valence-corrected chi connectivity index (χ4v) is 4.98. The molecule has 8 heteroatoms. The number of hydrogen-bond acceptors (Lipinski definition) is 5. The number of nitrogens with zero attached hydrogens (tertiary/aromatic N) is 3. The minimum atomic E-state index is -0.446. The van der Waals surface area contributed by atoms with Gasteiger partial charge in [-0.25, -0.2) is 14.6 Å². The quantitative estimate of drug-likeness (QED) is 0.714. The molecule has 1 saturated heterocycles. The summed E-state index contributed by atoms with van der Waals surface area (Å²) >= 11 is 6.21. The molecule has 2 fully saturated rings. The zero-order valence-electron chi connectivity index (χ0n) is 17.6. The third-order valence-electron chi connectivity index (χ3n) is 6.67. The SMILES string of the molecule is COC(=O)c1ccc(N2CCN(C3CCC(CN)(c4cccc(Cl)c4)CC3)C2=O)nc1. The molecule has 4 rings (SSSR count). The molecule has 2 heterocycles. The number of methoxy groups -OCH3 is 1. The second-order valence-corrected chi connectivity index (χ2v) is 8.69. The number of carbonyl (C=O) groups is 2. The van der Waals surface area contributed by atoms with Crippen molar-refractivity contribution in [2.75, 3.05) is 31.6 Å². The van der Waals surface area contributed by atoms with E-state index in [4.69, 9.17) is 22.1 Å². The van der Waals surface area contributed by atoms with Crippen LogP contribution in [0.4, 0.5) is 10.6 Å². The highest BCUT2D eigenvalue weighted by atomic mass is 35.5. The number of urea groups is 1. The topological polar surface area (TPSA) is 88.8 Å². The Labute approximate surface area is 187 Å². The highest BCUT2D eigenvalue weighted by molar-refractivity contribution is 6.30. The summed E-state index contributed by atoms with van der Waals surface area (Å²) < 4.78 is 4.70. The standard InChI is InChI=1S/C23H27ClN4O3/c1-31-21(29)16-5-6-20(26-14-16)28-12-11-27(22(28)30)19-7-9-23(15-25,10-8-19)17-3-2-4-18(24)13-17/h2-6,13-14,19H,7-12,15,25H2,1H3. The van der Waals surface area contributed by atoms with Crippen LogP contribution in [0.1, 0.15) is 41.6 Å². The van der Waals surface area contributed by atoms with Crippen LogP contribution >= 0.6 is 11.6 Å². The number of esters is 1. The number of halogens is 1. The Kier molecular flexibility index (Phi) is 6.16. The van der Waals surface area contributed by atoms with Crippen LogP contribution in [0.2, 0.25) is 5.02 Å². The van der Waals surface area contributed by atoms with Crippen LogP contribution in [0.25, 0.3) is 0 Å². The molecule has 2 N–H and O–H groups in total. The summed E-state index contributed by atoms with van der Waals surface area (Å²) in [6.07, 6.45) is 5.09. The highest BCUT2D eigenvalue weighted by Crippen LogP contribution is 2.41. The Morgan fingerprint density at radius 1 is 1.26 bits per heavy atom.